The Kier molecular flexibility index (Phi) is 8.75. The molecule has 0 radical (unpaired) electrons. The zero-order valence-corrected chi connectivity index (χ0v) is 23.7. The number of Topliss-reactive ketones (excluding diaryl/α,β-unsaturated/α-hetero) is 1. The van der Waals surface area contributed by atoms with E-state index in [-0.39, 0.29) is 54.9 Å². The lowest BCUT2D eigenvalue weighted by atomic mass is 9.67. The number of hydrogen-bond donors (Lipinski definition) is 4. The van der Waals surface area contributed by atoms with E-state index in [1.807, 2.05) is 20.8 Å². The third-order valence-corrected chi connectivity index (χ3v) is 9.88. The summed E-state index contributed by atoms with van der Waals surface area (Å²) in [6, 6.07) is 0. The smallest absolute Gasteiger partial charge is 0.341 e. The van der Waals surface area contributed by atoms with Gasteiger partial charge in [0.15, 0.2) is 5.60 Å². The van der Waals surface area contributed by atoms with Crippen molar-refractivity contribution in [3.63, 3.8) is 0 Å². The van der Waals surface area contributed by atoms with Gasteiger partial charge in [0.05, 0.1) is 48.2 Å². The molecule has 0 aromatic carbocycles. The van der Waals surface area contributed by atoms with Crippen LogP contribution >= 0.6 is 0 Å². The Hall–Kier alpha value is -1.14. The van der Waals surface area contributed by atoms with E-state index < -0.39 is 29.3 Å². The summed E-state index contributed by atoms with van der Waals surface area (Å²) in [7, 11) is 0. The van der Waals surface area contributed by atoms with E-state index in [9.17, 15) is 19.8 Å². The van der Waals surface area contributed by atoms with E-state index >= 15 is 0 Å². The summed E-state index contributed by atoms with van der Waals surface area (Å²) in [5.41, 5.74) is 4.30. The Morgan fingerprint density at radius 3 is 2.69 bits per heavy atom. The van der Waals surface area contributed by atoms with Crippen molar-refractivity contribution < 1.29 is 38.7 Å². The first-order valence-corrected chi connectivity index (χ1v) is 15.1. The lowest BCUT2D eigenvalue weighted by Gasteiger charge is -2.53. The average molecular weight is 553 g/mol. The molecule has 222 valence electrons. The molecule has 4 saturated heterocycles. The molecule has 5 aliphatic rings. The van der Waals surface area contributed by atoms with Crippen molar-refractivity contribution in [3.8, 4) is 0 Å². The molecule has 5 rings (SSSR count). The van der Waals surface area contributed by atoms with Gasteiger partial charge in [0.1, 0.15) is 11.9 Å². The maximum atomic E-state index is 13.7. The monoisotopic (exact) mass is 552 g/mol. The summed E-state index contributed by atoms with van der Waals surface area (Å²) < 4.78 is 24.8. The summed E-state index contributed by atoms with van der Waals surface area (Å²) in [6.45, 7) is 6.69. The van der Waals surface area contributed by atoms with Crippen LogP contribution in [-0.2, 0) is 28.5 Å². The molecule has 4 heterocycles. The zero-order valence-electron chi connectivity index (χ0n) is 23.7. The number of hydrogen-bond acceptors (Lipinski definition) is 10. The van der Waals surface area contributed by atoms with Gasteiger partial charge < -0.3 is 40.2 Å². The lowest BCUT2D eigenvalue weighted by Crippen LogP contribution is -2.63. The number of esters is 1. The minimum absolute atomic E-state index is 0.0183. The fraction of sp³-hybridized carbons (Fsp3) is 0.931. The Balaban J connectivity index is 1.24. The number of nitrogens with one attached hydrogen (secondary N) is 1. The Bertz CT molecular complexity index is 901. The van der Waals surface area contributed by atoms with Gasteiger partial charge in [-0.2, -0.15) is 0 Å². The predicted molar refractivity (Wildman–Crippen MR) is 141 cm³/mol. The van der Waals surface area contributed by atoms with Gasteiger partial charge >= 0.3 is 5.97 Å². The molecule has 0 spiro atoms. The minimum Gasteiger partial charge on any atom is -0.457 e. The van der Waals surface area contributed by atoms with Crippen molar-refractivity contribution in [3.05, 3.63) is 0 Å². The van der Waals surface area contributed by atoms with Crippen LogP contribution in [0.5, 0.6) is 0 Å². The number of fused-ring (bicyclic) bond motifs is 2. The van der Waals surface area contributed by atoms with Gasteiger partial charge in [0.2, 0.25) is 0 Å². The third kappa shape index (κ3) is 6.08. The highest BCUT2D eigenvalue weighted by Crippen LogP contribution is 2.49. The number of epoxide rings is 1. The second kappa shape index (κ2) is 11.6. The van der Waals surface area contributed by atoms with E-state index in [2.05, 4.69) is 5.32 Å². The SMILES string of the molecule is CC1CC(=O)C2C(CC3OC(C)(C)C(OC(=O)C4(CCCCO)OC4CCC4CCNC(N)C4)CC3C2O)O1. The fourth-order valence-corrected chi connectivity index (χ4v) is 7.60. The van der Waals surface area contributed by atoms with Crippen molar-refractivity contribution >= 4 is 11.8 Å². The quantitative estimate of drug-likeness (QED) is 0.188. The molecule has 0 amide bonds. The van der Waals surface area contributed by atoms with Crippen LogP contribution in [0.4, 0.5) is 0 Å². The van der Waals surface area contributed by atoms with Crippen LogP contribution in [0.3, 0.4) is 0 Å². The zero-order chi connectivity index (χ0) is 27.9. The van der Waals surface area contributed by atoms with Crippen LogP contribution in [0.1, 0.15) is 85.0 Å². The van der Waals surface area contributed by atoms with E-state index in [1.165, 1.54) is 0 Å². The fourth-order valence-electron chi connectivity index (χ4n) is 7.60. The molecule has 10 heteroatoms. The number of unbranched alkanes of at least 4 members (excludes halogenated alkanes) is 1. The number of ketones is 1. The van der Waals surface area contributed by atoms with Gasteiger partial charge in [-0.15, -0.1) is 0 Å². The van der Waals surface area contributed by atoms with Crippen LogP contribution in [0.2, 0.25) is 0 Å². The van der Waals surface area contributed by atoms with Crippen molar-refractivity contribution in [2.75, 3.05) is 13.2 Å². The Morgan fingerprint density at radius 2 is 1.95 bits per heavy atom. The van der Waals surface area contributed by atoms with Crippen molar-refractivity contribution in [1.82, 2.24) is 5.32 Å². The highest BCUT2D eigenvalue weighted by atomic mass is 16.7. The van der Waals surface area contributed by atoms with Crippen LogP contribution in [0, 0.1) is 17.8 Å². The molecule has 4 aliphatic heterocycles. The third-order valence-electron chi connectivity index (χ3n) is 9.88. The van der Waals surface area contributed by atoms with Crippen LogP contribution in [0.25, 0.3) is 0 Å². The number of rotatable bonds is 9. The van der Waals surface area contributed by atoms with E-state index in [0.29, 0.717) is 44.4 Å². The number of aliphatic hydroxyl groups is 2. The van der Waals surface area contributed by atoms with Crippen molar-refractivity contribution in [2.45, 2.75) is 139 Å². The summed E-state index contributed by atoms with van der Waals surface area (Å²) >= 11 is 0. The molecule has 39 heavy (non-hydrogen) atoms. The highest BCUT2D eigenvalue weighted by Gasteiger charge is 2.64. The van der Waals surface area contributed by atoms with E-state index in [4.69, 9.17) is 24.7 Å². The Labute approximate surface area is 231 Å². The first kappa shape index (κ1) is 29.4. The number of ether oxygens (including phenoxy) is 4. The molecule has 10 nitrogen and oxygen atoms in total. The molecule has 1 saturated carbocycles. The molecule has 11 unspecified atom stereocenters. The normalized spacial score (nSPS) is 45.2. The second-order valence-corrected chi connectivity index (χ2v) is 13.2. The van der Waals surface area contributed by atoms with Crippen LogP contribution in [0.15, 0.2) is 0 Å². The Morgan fingerprint density at radius 1 is 1.15 bits per heavy atom. The standard InChI is InChI=1S/C29H48N2O8/c1-16-12-19(33)25-21(36-16)15-20-18(26(25)34)14-23(28(2,3)38-20)37-27(35)29(9-4-5-11-32)22(39-29)7-6-17-8-10-31-24(30)13-17/h16-18,20-26,31-32,34H,4-15,30H2,1-3H3. The molecule has 1 aliphatic carbocycles. The van der Waals surface area contributed by atoms with Crippen molar-refractivity contribution in [1.29, 1.82) is 0 Å². The lowest BCUT2D eigenvalue weighted by molar-refractivity contribution is -0.257. The number of aliphatic hydroxyl groups excluding tert-OH is 2. The minimum atomic E-state index is -1.00. The number of carbonyl (C=O) groups is 2. The first-order valence-electron chi connectivity index (χ1n) is 15.1. The maximum absolute atomic E-state index is 13.7. The summed E-state index contributed by atoms with van der Waals surface area (Å²) in [4.78, 5) is 26.5. The summed E-state index contributed by atoms with van der Waals surface area (Å²) in [6.07, 6.45) is 4.26. The molecule has 11 atom stereocenters. The van der Waals surface area contributed by atoms with Crippen LogP contribution < -0.4 is 11.1 Å². The number of carbonyl (C=O) groups excluding carboxylic acids is 2. The highest BCUT2D eigenvalue weighted by molar-refractivity contribution is 5.84. The largest absolute Gasteiger partial charge is 0.457 e. The molecule has 5 N–H and O–H groups in total. The maximum Gasteiger partial charge on any atom is 0.341 e. The molecule has 0 bridgehead atoms. The number of nitrogens with two attached hydrogens (primary N) is 1. The number of piperidine rings is 1. The topological polar surface area (TPSA) is 153 Å². The molecule has 0 aromatic heterocycles. The molecular weight excluding hydrogens is 504 g/mol. The average Bonchev–Trinajstić information content (AvgIpc) is 3.57. The molecular formula is C29H48N2O8. The first-order chi connectivity index (χ1) is 18.5. The second-order valence-electron chi connectivity index (χ2n) is 13.2. The van der Waals surface area contributed by atoms with Crippen LogP contribution in [-0.4, -0.2) is 89.1 Å². The molecule has 5 fully saturated rings. The van der Waals surface area contributed by atoms with Gasteiger partial charge in [0.25, 0.3) is 0 Å². The van der Waals surface area contributed by atoms with Gasteiger partial charge in [-0.3, -0.25) is 4.79 Å². The summed E-state index contributed by atoms with van der Waals surface area (Å²) in [5, 5.41) is 23.9. The van der Waals surface area contributed by atoms with Gasteiger partial charge in [-0.05, 0) is 84.6 Å². The summed E-state index contributed by atoms with van der Waals surface area (Å²) in [5.74, 6) is -0.724. The van der Waals surface area contributed by atoms with Gasteiger partial charge in [-0.1, -0.05) is 0 Å². The van der Waals surface area contributed by atoms with E-state index in [1.54, 1.807) is 0 Å². The van der Waals surface area contributed by atoms with Crippen molar-refractivity contribution in [2.24, 2.45) is 23.5 Å². The van der Waals surface area contributed by atoms with Gasteiger partial charge in [-0.25, -0.2) is 4.79 Å². The van der Waals surface area contributed by atoms with Gasteiger partial charge in [0, 0.05) is 25.4 Å². The molecule has 0 aromatic rings. The predicted octanol–water partition coefficient (Wildman–Crippen LogP) is 1.57. The van der Waals surface area contributed by atoms with E-state index in [0.717, 1.165) is 32.2 Å².